The molecule has 0 unspecified atom stereocenters. The summed E-state index contributed by atoms with van der Waals surface area (Å²) in [5.74, 6) is 0.426. The average molecular weight is 480 g/mol. The minimum Gasteiger partial charge on any atom is -0.467 e. The molecule has 0 radical (unpaired) electrons. The topological polar surface area (TPSA) is 77.1 Å². The maximum atomic E-state index is 14.1. The lowest BCUT2D eigenvalue weighted by Crippen LogP contribution is -2.25. The van der Waals surface area contributed by atoms with Gasteiger partial charge in [0.15, 0.2) is 5.16 Å². The Bertz CT molecular complexity index is 1340. The molecule has 0 spiro atoms. The highest BCUT2D eigenvalue weighted by Gasteiger charge is 2.15. The quantitative estimate of drug-likeness (QED) is 0.184. The second-order valence-corrected chi connectivity index (χ2v) is 8.87. The predicted octanol–water partition coefficient (Wildman–Crippen LogP) is 5.54. The molecular weight excluding hydrogens is 453 g/mol. The molecule has 2 aromatic heterocycles. The number of amides is 1. The van der Waals surface area contributed by atoms with Crippen LogP contribution in [0.25, 0.3) is 10.9 Å². The predicted molar refractivity (Wildman–Crippen MR) is 131 cm³/mol. The number of hydrogen-bond acceptors (Lipinski definition) is 5. The summed E-state index contributed by atoms with van der Waals surface area (Å²) in [5, 5.41) is 3.77. The van der Waals surface area contributed by atoms with E-state index in [1.165, 1.54) is 17.8 Å². The van der Waals surface area contributed by atoms with E-state index in [4.69, 9.17) is 9.40 Å². The van der Waals surface area contributed by atoms with Crippen molar-refractivity contribution in [2.24, 2.45) is 0 Å². The maximum absolute atomic E-state index is 14.1. The van der Waals surface area contributed by atoms with Gasteiger partial charge in [-0.15, -0.1) is 0 Å². The van der Waals surface area contributed by atoms with E-state index in [0.29, 0.717) is 45.2 Å². The van der Waals surface area contributed by atoms with Crippen molar-refractivity contribution in [3.05, 3.63) is 93.9 Å². The summed E-state index contributed by atoms with van der Waals surface area (Å²) in [6.07, 6.45) is 4.43. The number of nitrogens with one attached hydrogen (secondary N) is 1. The zero-order valence-electron chi connectivity index (χ0n) is 18.9. The molecule has 0 aliphatic heterocycles. The largest absolute Gasteiger partial charge is 0.467 e. The first-order chi connectivity index (χ1) is 16.6. The second kappa shape index (κ2) is 11.2. The van der Waals surface area contributed by atoms with Crippen LogP contribution in [0.2, 0.25) is 0 Å². The lowest BCUT2D eigenvalue weighted by atomic mass is 10.1. The molecule has 4 aromatic rings. The molecule has 1 amide bonds. The van der Waals surface area contributed by atoms with E-state index in [1.807, 2.05) is 0 Å². The number of benzene rings is 2. The number of unbranched alkanes of at least 4 members (excludes halogenated alkanes) is 2. The van der Waals surface area contributed by atoms with Crippen molar-refractivity contribution in [1.82, 2.24) is 14.9 Å². The van der Waals surface area contributed by atoms with Crippen molar-refractivity contribution in [3.63, 3.8) is 0 Å². The smallest absolute Gasteiger partial charge is 0.262 e. The lowest BCUT2D eigenvalue weighted by Gasteiger charge is -2.14. The molecule has 4 rings (SSSR count). The van der Waals surface area contributed by atoms with Gasteiger partial charge in [-0.1, -0.05) is 49.7 Å². The standard InChI is InChI=1S/C26H26FN3O3S/c1-2-3-6-13-30-25(32)21-12-11-18(24(31)28-16-20-9-7-14-33-20)15-23(21)29-26(30)34-17-19-8-4-5-10-22(19)27/h4-5,7-12,14-15H,2-3,6,13,16-17H2,1H3,(H,28,31). The Morgan fingerprint density at radius 1 is 1.15 bits per heavy atom. The first kappa shape index (κ1) is 23.8. The van der Waals surface area contributed by atoms with E-state index in [0.717, 1.165) is 19.3 Å². The molecule has 34 heavy (non-hydrogen) atoms. The third-order valence-corrected chi connectivity index (χ3v) is 6.51. The Labute approximate surface area is 201 Å². The van der Waals surface area contributed by atoms with Crippen LogP contribution in [0.3, 0.4) is 0 Å². The van der Waals surface area contributed by atoms with Gasteiger partial charge in [0, 0.05) is 17.9 Å². The fraction of sp³-hybridized carbons (Fsp3) is 0.269. The van der Waals surface area contributed by atoms with Gasteiger partial charge in [-0.2, -0.15) is 0 Å². The maximum Gasteiger partial charge on any atom is 0.262 e. The highest BCUT2D eigenvalue weighted by molar-refractivity contribution is 7.98. The number of nitrogens with zero attached hydrogens (tertiary/aromatic N) is 2. The summed E-state index contributed by atoms with van der Waals surface area (Å²) in [6.45, 7) is 2.91. The van der Waals surface area contributed by atoms with Crippen molar-refractivity contribution in [2.45, 2.75) is 50.2 Å². The zero-order valence-corrected chi connectivity index (χ0v) is 19.7. The number of aromatic nitrogens is 2. The Kier molecular flexibility index (Phi) is 7.80. The number of fused-ring (bicyclic) bond motifs is 1. The molecule has 0 saturated heterocycles. The van der Waals surface area contributed by atoms with Gasteiger partial charge in [-0.3, -0.25) is 14.2 Å². The zero-order chi connectivity index (χ0) is 23.9. The Balaban J connectivity index is 1.63. The summed E-state index contributed by atoms with van der Waals surface area (Å²) in [5.41, 5.74) is 1.24. The first-order valence-corrected chi connectivity index (χ1v) is 12.3. The molecule has 0 saturated carbocycles. The van der Waals surface area contributed by atoms with E-state index >= 15 is 0 Å². The van der Waals surface area contributed by atoms with Crippen LogP contribution in [0.4, 0.5) is 4.39 Å². The Morgan fingerprint density at radius 3 is 2.76 bits per heavy atom. The summed E-state index contributed by atoms with van der Waals surface area (Å²) in [6, 6.07) is 15.0. The van der Waals surface area contributed by atoms with Crippen LogP contribution < -0.4 is 10.9 Å². The van der Waals surface area contributed by atoms with E-state index in [9.17, 15) is 14.0 Å². The fourth-order valence-corrected chi connectivity index (χ4v) is 4.62. The van der Waals surface area contributed by atoms with Crippen LogP contribution in [0.1, 0.15) is 47.9 Å². The van der Waals surface area contributed by atoms with Gasteiger partial charge in [-0.25, -0.2) is 9.37 Å². The molecule has 1 N–H and O–H groups in total. The minimum atomic E-state index is -0.286. The van der Waals surface area contributed by atoms with Gasteiger partial charge in [0.2, 0.25) is 0 Å². The number of thioether (sulfide) groups is 1. The first-order valence-electron chi connectivity index (χ1n) is 11.3. The van der Waals surface area contributed by atoms with Crippen LogP contribution in [0, 0.1) is 5.82 Å². The van der Waals surface area contributed by atoms with Gasteiger partial charge in [-0.05, 0) is 48.4 Å². The van der Waals surface area contributed by atoms with Gasteiger partial charge in [0.25, 0.3) is 11.5 Å². The molecule has 0 aliphatic rings. The van der Waals surface area contributed by atoms with Gasteiger partial charge >= 0.3 is 0 Å². The summed E-state index contributed by atoms with van der Waals surface area (Å²) in [7, 11) is 0. The third kappa shape index (κ3) is 5.56. The van der Waals surface area contributed by atoms with Crippen LogP contribution in [0.5, 0.6) is 0 Å². The van der Waals surface area contributed by atoms with Crippen molar-refractivity contribution in [3.8, 4) is 0 Å². The molecule has 0 bridgehead atoms. The number of hydrogen-bond donors (Lipinski definition) is 1. The van der Waals surface area contributed by atoms with Crippen molar-refractivity contribution < 1.29 is 13.6 Å². The fourth-order valence-electron chi connectivity index (χ4n) is 3.61. The third-order valence-electron chi connectivity index (χ3n) is 5.49. The van der Waals surface area contributed by atoms with Crippen molar-refractivity contribution in [1.29, 1.82) is 0 Å². The summed E-state index contributed by atoms with van der Waals surface area (Å²) < 4.78 is 21.0. The molecule has 0 atom stereocenters. The molecule has 0 fully saturated rings. The minimum absolute atomic E-state index is 0.153. The lowest BCUT2D eigenvalue weighted by molar-refractivity contribution is 0.0948. The number of carbonyl (C=O) groups excluding carboxylic acids is 1. The van der Waals surface area contributed by atoms with Crippen molar-refractivity contribution >= 4 is 28.6 Å². The number of furan rings is 1. The number of halogens is 1. The van der Waals surface area contributed by atoms with Crippen LogP contribution in [0.15, 0.2) is 75.2 Å². The molecule has 0 aliphatic carbocycles. The molecule has 6 nitrogen and oxygen atoms in total. The number of rotatable bonds is 10. The summed E-state index contributed by atoms with van der Waals surface area (Å²) >= 11 is 1.32. The van der Waals surface area contributed by atoms with Gasteiger partial charge in [0.1, 0.15) is 11.6 Å². The monoisotopic (exact) mass is 479 g/mol. The van der Waals surface area contributed by atoms with Crippen molar-refractivity contribution in [2.75, 3.05) is 0 Å². The molecule has 2 aromatic carbocycles. The van der Waals surface area contributed by atoms with Gasteiger partial charge in [0.05, 0.1) is 23.7 Å². The average Bonchev–Trinajstić information content (AvgIpc) is 3.37. The highest BCUT2D eigenvalue weighted by atomic mass is 32.2. The van der Waals surface area contributed by atoms with Crippen LogP contribution in [-0.4, -0.2) is 15.5 Å². The summed E-state index contributed by atoms with van der Waals surface area (Å²) in [4.78, 5) is 30.7. The van der Waals surface area contributed by atoms with E-state index in [1.54, 1.807) is 59.4 Å². The van der Waals surface area contributed by atoms with E-state index in [2.05, 4.69) is 12.2 Å². The van der Waals surface area contributed by atoms with E-state index < -0.39 is 0 Å². The van der Waals surface area contributed by atoms with Gasteiger partial charge < -0.3 is 9.73 Å². The van der Waals surface area contributed by atoms with Crippen LogP contribution in [-0.2, 0) is 18.8 Å². The Hall–Kier alpha value is -3.39. The molecular formula is C26H26FN3O3S. The second-order valence-electron chi connectivity index (χ2n) is 7.93. The molecule has 176 valence electrons. The molecule has 2 heterocycles. The normalized spacial score (nSPS) is 11.1. The van der Waals surface area contributed by atoms with E-state index in [-0.39, 0.29) is 23.8 Å². The molecule has 8 heteroatoms. The number of carbonyl (C=O) groups is 1. The SMILES string of the molecule is CCCCCn1c(SCc2ccccc2F)nc2cc(C(=O)NCc3ccco3)ccc2c1=O. The Morgan fingerprint density at radius 2 is 2.00 bits per heavy atom. The highest BCUT2D eigenvalue weighted by Crippen LogP contribution is 2.24. The van der Waals surface area contributed by atoms with Crippen LogP contribution >= 0.6 is 11.8 Å².